The number of esters is 4. The van der Waals surface area contributed by atoms with Crippen molar-refractivity contribution in [1.29, 1.82) is 0 Å². The number of carboxylic acids is 1. The topological polar surface area (TPSA) is 498 Å². The highest BCUT2D eigenvalue weighted by atomic mass is 16.8. The molecular weight excluding hydrogens is 1330 g/mol. The third-order valence-corrected chi connectivity index (χ3v) is 24.7. The second-order valence-corrected chi connectivity index (χ2v) is 31.2. The van der Waals surface area contributed by atoms with Gasteiger partial charge in [0, 0.05) is 38.5 Å². The van der Waals surface area contributed by atoms with Gasteiger partial charge in [0.25, 0.3) is 0 Å². The van der Waals surface area contributed by atoms with Crippen molar-refractivity contribution in [3.63, 3.8) is 0 Å². The maximum atomic E-state index is 12.7. The van der Waals surface area contributed by atoms with E-state index in [0.29, 0.717) is 44.9 Å². The number of allylic oxidation sites excluding steroid dienone is 2. The van der Waals surface area contributed by atoms with Gasteiger partial charge in [-0.05, 0) is 90.8 Å². The average molecular weight is 1440 g/mol. The first-order valence-corrected chi connectivity index (χ1v) is 34.5. The molecule has 5 heterocycles. The van der Waals surface area contributed by atoms with Crippen LogP contribution in [0.2, 0.25) is 0 Å². The van der Waals surface area contributed by atoms with E-state index in [0.717, 1.165) is 27.7 Å². The van der Waals surface area contributed by atoms with Gasteiger partial charge in [-0.1, -0.05) is 60.1 Å². The first-order valence-electron chi connectivity index (χ1n) is 34.5. The third-order valence-electron chi connectivity index (χ3n) is 24.7. The fraction of sp³-hybridized carbons (Fsp3) is 0.896. The van der Waals surface area contributed by atoms with E-state index in [1.165, 1.54) is 5.57 Å². The first kappa shape index (κ1) is 78.8. The Morgan fingerprint density at radius 1 is 0.510 bits per heavy atom. The zero-order valence-electron chi connectivity index (χ0n) is 58.1. The van der Waals surface area contributed by atoms with Crippen LogP contribution in [-0.4, -0.2) is 300 Å². The number of fused-ring (bicyclic) bond motifs is 7. The van der Waals surface area contributed by atoms with Crippen molar-refractivity contribution in [1.82, 2.24) is 0 Å². The fourth-order valence-electron chi connectivity index (χ4n) is 19.0. The average Bonchev–Trinajstić information content (AvgIpc) is 0.673. The van der Waals surface area contributed by atoms with E-state index in [1.807, 2.05) is 20.8 Å². The zero-order chi connectivity index (χ0) is 73.6. The highest BCUT2D eigenvalue weighted by Crippen LogP contribution is 2.76. The summed E-state index contributed by atoms with van der Waals surface area (Å²) >= 11 is 0. The molecule has 0 amide bonds. The summed E-state index contributed by atoms with van der Waals surface area (Å²) in [5, 5.41) is 156. The molecule has 0 aromatic carbocycles. The Labute approximate surface area is 578 Å². The Morgan fingerprint density at radius 2 is 1.06 bits per heavy atom. The van der Waals surface area contributed by atoms with Crippen LogP contribution in [-0.2, 0) is 90.3 Å². The smallest absolute Gasteiger partial charge is 0.335 e. The van der Waals surface area contributed by atoms with Gasteiger partial charge in [-0.2, -0.15) is 0 Å². The zero-order valence-corrected chi connectivity index (χ0v) is 58.1. The number of aliphatic hydroxyl groups is 13. The van der Waals surface area contributed by atoms with Crippen LogP contribution in [0.3, 0.4) is 0 Å². The molecule has 0 spiro atoms. The summed E-state index contributed by atoms with van der Waals surface area (Å²) in [5.41, 5.74) is -2.96. The van der Waals surface area contributed by atoms with Crippen LogP contribution in [0, 0.1) is 50.2 Å². The summed E-state index contributed by atoms with van der Waals surface area (Å²) in [6.07, 6.45) is -40.3. The van der Waals surface area contributed by atoms with E-state index in [9.17, 15) is 95.5 Å². The number of hydrogen-bond acceptors (Lipinski definition) is 32. The quantitative estimate of drug-likeness (QED) is 0.0269. The molecule has 10 aliphatic rings. The number of aliphatic hydroxyl groups excluding tert-OH is 13. The molecule has 5 aliphatic heterocycles. The number of carbonyl (C=O) groups excluding carboxylic acids is 4. The lowest BCUT2D eigenvalue weighted by Crippen LogP contribution is -2.69. The van der Waals surface area contributed by atoms with E-state index in [2.05, 4.69) is 33.8 Å². The maximum Gasteiger partial charge on any atom is 0.335 e. The number of carbonyl (C=O) groups is 5. The highest BCUT2D eigenvalue weighted by molar-refractivity contribution is 5.73. The number of aliphatic carboxylic acids is 1. The largest absolute Gasteiger partial charge is 0.479 e. The summed E-state index contributed by atoms with van der Waals surface area (Å²) in [6.45, 7) is 15.7. The van der Waals surface area contributed by atoms with Crippen LogP contribution in [0.15, 0.2) is 11.6 Å². The van der Waals surface area contributed by atoms with Gasteiger partial charge >= 0.3 is 29.8 Å². The van der Waals surface area contributed by atoms with Crippen LogP contribution in [0.25, 0.3) is 0 Å². The van der Waals surface area contributed by atoms with Gasteiger partial charge < -0.3 is 138 Å². The van der Waals surface area contributed by atoms with Gasteiger partial charge in [-0.15, -0.1) is 0 Å². The Balaban J connectivity index is 0.893. The summed E-state index contributed by atoms with van der Waals surface area (Å²) in [5.74, 6) is -5.61. The minimum absolute atomic E-state index is 0.0184. The van der Waals surface area contributed by atoms with Crippen molar-refractivity contribution in [2.24, 2.45) is 50.2 Å². The number of rotatable bonds is 19. The van der Waals surface area contributed by atoms with Crippen molar-refractivity contribution in [2.45, 2.75) is 293 Å². The lowest BCUT2D eigenvalue weighted by atomic mass is 9.33. The van der Waals surface area contributed by atoms with Crippen LogP contribution in [0.1, 0.15) is 128 Å². The van der Waals surface area contributed by atoms with E-state index in [1.54, 1.807) is 0 Å². The summed E-state index contributed by atoms with van der Waals surface area (Å²) in [6, 6.07) is 0. The molecule has 10 rings (SSSR count). The minimum Gasteiger partial charge on any atom is -0.479 e. The van der Waals surface area contributed by atoms with Gasteiger partial charge in [0.05, 0.1) is 44.7 Å². The van der Waals surface area contributed by atoms with E-state index in [-0.39, 0.29) is 24.2 Å². The van der Waals surface area contributed by atoms with Gasteiger partial charge in [0.15, 0.2) is 55.9 Å². The Hall–Kier alpha value is -3.83. The normalized spacial score (nSPS) is 50.0. The van der Waals surface area contributed by atoms with Crippen LogP contribution >= 0.6 is 0 Å². The molecule has 33 heteroatoms. The van der Waals surface area contributed by atoms with Crippen molar-refractivity contribution >= 4 is 29.8 Å². The summed E-state index contributed by atoms with van der Waals surface area (Å²) in [4.78, 5) is 62.5. The predicted octanol–water partition coefficient (Wildman–Crippen LogP) is -2.78. The first-order chi connectivity index (χ1) is 46.8. The standard InChI is InChI=1S/C67H104O33/c1-26(71)87-24-35-48(89-27(2)72)52(90-28(3)73)53(91-29(4)74)61(94-35)96-47-32(75)23-88-57(46(47)83)100-55-54(84)62(5,6)20-31-30-12-13-37-64(8)16-15-38(65(9,25-70)36(64)14-17-67(37,11)66(30,10)19-18-63(31,55)7)95-60-51(44(81)43(80)49(97-60)56(85)86)99-59-50(42(79)40(77)34(22-69)93-59)98-58-45(82)41(78)39(76)33(21-68)92-58/h12,31-55,57-61,68-70,75-84H,13-25H2,1-11H3,(H,85,86)/t31-,32-,33+,34+,35+,36+,37+,38-,39+,40-,41-,42-,43-,44-,45+,46+,47-,48+,49-,50+,51+,52-,53+,54-,55+,57-,58-,59-,60+,61-,63+,64-,65+,66+,67+/m0/s1. The lowest BCUT2D eigenvalue weighted by Gasteiger charge is -2.72. The van der Waals surface area contributed by atoms with E-state index >= 15 is 0 Å². The number of carboxylic acid groups (broad SMARTS) is 1. The van der Waals surface area contributed by atoms with E-state index < -0.39 is 261 Å². The van der Waals surface area contributed by atoms with E-state index in [4.69, 9.17) is 66.3 Å². The second-order valence-electron chi connectivity index (χ2n) is 31.2. The molecule has 0 aromatic rings. The molecule has 33 nitrogen and oxygen atoms in total. The second kappa shape index (κ2) is 29.8. The van der Waals surface area contributed by atoms with Gasteiger partial charge in [-0.3, -0.25) is 19.2 Å². The van der Waals surface area contributed by atoms with Gasteiger partial charge in [0.1, 0.15) is 98.2 Å². The molecule has 570 valence electrons. The molecule has 0 radical (unpaired) electrons. The SMILES string of the molecule is CC(=O)OC[C@H]1O[C@@H](O[C@@H]2[C@@H](O)[C@H](O[C@@H]3[C@H](O)C(C)(C)C[C@H]4C5=CC[C@@H]6[C@@]7(C)CC[C@H](O[C@@H]8O[C@H](C(=O)O)[C@@H](O)[C@H](O)[C@H]8O[C@@H]8O[C@H](CO)[C@H](O)[C@H](O)[C@H]8O[C@@H]8O[C@H](CO)[C@@H](O)[C@H](O)[C@H]8O)[C@](C)(CO)[C@@H]7CC[C@@]6(C)[C@]5(C)CC[C@@]34C)OC[C@@H]2O)[C@H](OC(C)=O)[C@@H](OC(C)=O)[C@@H]1OC(C)=O. The number of hydrogen-bond donors (Lipinski definition) is 14. The monoisotopic (exact) mass is 1440 g/mol. The van der Waals surface area contributed by atoms with Crippen molar-refractivity contribution < 1.29 is 162 Å². The van der Waals surface area contributed by atoms with Crippen LogP contribution in [0.5, 0.6) is 0 Å². The Morgan fingerprint density at radius 3 is 1.66 bits per heavy atom. The molecular formula is C67H104O33. The van der Waals surface area contributed by atoms with Crippen molar-refractivity contribution in [3.05, 3.63) is 11.6 Å². The van der Waals surface area contributed by atoms with Gasteiger partial charge in [0.2, 0.25) is 0 Å². The predicted molar refractivity (Wildman–Crippen MR) is 331 cm³/mol. The van der Waals surface area contributed by atoms with Crippen LogP contribution in [0.4, 0.5) is 0 Å². The molecule has 14 N–H and O–H groups in total. The molecule has 100 heavy (non-hydrogen) atoms. The molecule has 0 bridgehead atoms. The lowest BCUT2D eigenvalue weighted by molar-refractivity contribution is -0.397. The molecule has 4 saturated carbocycles. The summed E-state index contributed by atoms with van der Waals surface area (Å²) in [7, 11) is 0. The Kier molecular flexibility index (Phi) is 23.5. The van der Waals surface area contributed by atoms with Gasteiger partial charge in [-0.25, -0.2) is 4.79 Å². The molecule has 5 aliphatic carbocycles. The van der Waals surface area contributed by atoms with Crippen molar-refractivity contribution in [2.75, 3.05) is 33.0 Å². The maximum absolute atomic E-state index is 12.7. The Bertz CT molecular complexity index is 2950. The minimum atomic E-state index is -2.19. The third kappa shape index (κ3) is 14.1. The molecule has 0 aromatic heterocycles. The molecule has 5 saturated heterocycles. The molecule has 9 fully saturated rings. The van der Waals surface area contributed by atoms with Crippen molar-refractivity contribution in [3.8, 4) is 0 Å². The molecule has 0 unspecified atom stereocenters. The highest BCUT2D eigenvalue weighted by Gasteiger charge is 2.71. The summed E-state index contributed by atoms with van der Waals surface area (Å²) < 4.78 is 83.5. The fourth-order valence-corrected chi connectivity index (χ4v) is 19.0. The molecule has 35 atom stereocenters. The number of ether oxygens (including phenoxy) is 14. The van der Waals surface area contributed by atoms with Crippen LogP contribution < -0.4 is 0 Å².